The maximum absolute atomic E-state index is 12.6. The molecule has 3 atom stereocenters. The van der Waals surface area contributed by atoms with Gasteiger partial charge in [-0.3, -0.25) is 14.6 Å². The molecule has 3 heterocycles. The Hall–Kier alpha value is -1.03. The van der Waals surface area contributed by atoms with Crippen LogP contribution in [0.25, 0.3) is 0 Å². The first-order valence-electron chi connectivity index (χ1n) is 9.58. The van der Waals surface area contributed by atoms with Crippen LogP contribution in [0, 0.1) is 0 Å². The van der Waals surface area contributed by atoms with Crippen molar-refractivity contribution >= 4 is 5.91 Å². The topological polar surface area (TPSA) is 85.7 Å². The molecule has 3 rings (SSSR count). The summed E-state index contributed by atoms with van der Waals surface area (Å²) in [5.74, 6) is -0.0576. The number of morpholine rings is 2. The molecule has 26 heavy (non-hydrogen) atoms. The summed E-state index contributed by atoms with van der Waals surface area (Å²) in [6, 6.07) is -0.256. The Bertz CT molecular complexity index is 477. The number of nitrogens with zero attached hydrogens (tertiary/aromatic N) is 3. The second-order valence-electron chi connectivity index (χ2n) is 7.16. The molecule has 0 spiro atoms. The van der Waals surface area contributed by atoms with Crippen LogP contribution in [-0.2, 0) is 14.3 Å². The zero-order valence-corrected chi connectivity index (χ0v) is 15.3. The Morgan fingerprint density at radius 2 is 1.65 bits per heavy atom. The fourth-order valence-corrected chi connectivity index (χ4v) is 3.77. The minimum absolute atomic E-state index is 0.0576. The number of aliphatic hydroxyl groups is 2. The monoisotopic (exact) mass is 369 g/mol. The molecule has 0 radical (unpaired) electrons. The number of likely N-dealkylation sites (tertiary alicyclic amines) is 1. The quantitative estimate of drug-likeness (QED) is 0.585. The molecule has 3 aliphatic heterocycles. The predicted octanol–water partition coefficient (Wildman–Crippen LogP) is -1.47. The average molecular weight is 369 g/mol. The van der Waals surface area contributed by atoms with Crippen molar-refractivity contribution in [3.05, 3.63) is 12.2 Å². The summed E-state index contributed by atoms with van der Waals surface area (Å²) < 4.78 is 10.7. The molecule has 3 saturated heterocycles. The third kappa shape index (κ3) is 5.25. The van der Waals surface area contributed by atoms with E-state index in [2.05, 4.69) is 9.80 Å². The number of hydrogen-bond donors (Lipinski definition) is 2. The Kier molecular flexibility index (Phi) is 7.42. The highest BCUT2D eigenvalue weighted by atomic mass is 16.5. The van der Waals surface area contributed by atoms with Gasteiger partial charge in [0.05, 0.1) is 44.7 Å². The molecular weight excluding hydrogens is 338 g/mol. The largest absolute Gasteiger partial charge is 0.390 e. The summed E-state index contributed by atoms with van der Waals surface area (Å²) in [6.07, 6.45) is 2.26. The van der Waals surface area contributed by atoms with E-state index >= 15 is 0 Å². The summed E-state index contributed by atoms with van der Waals surface area (Å²) in [5.41, 5.74) is 0. The molecular formula is C18H31N3O5. The number of carbonyl (C=O) groups is 1. The van der Waals surface area contributed by atoms with Crippen molar-refractivity contribution in [3.8, 4) is 0 Å². The molecule has 0 unspecified atom stereocenters. The van der Waals surface area contributed by atoms with E-state index in [0.29, 0.717) is 45.8 Å². The summed E-state index contributed by atoms with van der Waals surface area (Å²) in [5, 5.41) is 20.7. The van der Waals surface area contributed by atoms with Crippen molar-refractivity contribution in [2.24, 2.45) is 0 Å². The minimum atomic E-state index is -0.844. The van der Waals surface area contributed by atoms with Crippen LogP contribution in [0.4, 0.5) is 0 Å². The Morgan fingerprint density at radius 1 is 1.00 bits per heavy atom. The van der Waals surface area contributed by atoms with E-state index in [4.69, 9.17) is 9.47 Å². The smallest absolute Gasteiger partial charge is 0.246 e. The van der Waals surface area contributed by atoms with E-state index in [1.54, 1.807) is 11.0 Å². The second-order valence-corrected chi connectivity index (χ2v) is 7.16. The lowest BCUT2D eigenvalue weighted by molar-refractivity contribution is -0.127. The van der Waals surface area contributed by atoms with Gasteiger partial charge in [-0.2, -0.15) is 0 Å². The van der Waals surface area contributed by atoms with Crippen molar-refractivity contribution in [2.45, 2.75) is 24.7 Å². The van der Waals surface area contributed by atoms with Crippen LogP contribution < -0.4 is 0 Å². The number of carbonyl (C=O) groups excluding carboxylic acids is 1. The SMILES string of the molecule is O=C(C=CCN1CCOCC1)N1CC[C@@H](O)[C@@H](O)[C@H](N2CCOCC2)C1. The summed E-state index contributed by atoms with van der Waals surface area (Å²) in [7, 11) is 0. The first-order chi connectivity index (χ1) is 12.6. The van der Waals surface area contributed by atoms with Gasteiger partial charge in [0.1, 0.15) is 0 Å². The van der Waals surface area contributed by atoms with Gasteiger partial charge in [-0.25, -0.2) is 0 Å². The van der Waals surface area contributed by atoms with Crippen molar-refractivity contribution in [1.82, 2.24) is 14.7 Å². The highest BCUT2D eigenvalue weighted by Crippen LogP contribution is 2.19. The van der Waals surface area contributed by atoms with Gasteiger partial charge in [-0.1, -0.05) is 6.08 Å². The molecule has 1 amide bonds. The molecule has 3 fully saturated rings. The van der Waals surface area contributed by atoms with Crippen LogP contribution in [0.2, 0.25) is 0 Å². The molecule has 0 aromatic carbocycles. The van der Waals surface area contributed by atoms with E-state index in [1.807, 2.05) is 6.08 Å². The standard InChI is InChI=1S/C18H31N3O5/c22-16-3-5-21(14-15(18(16)24)20-8-12-26-13-9-20)17(23)2-1-4-19-6-10-25-11-7-19/h1-2,15-16,18,22,24H,3-14H2/t15-,16-,18+/m1/s1. The fraction of sp³-hybridized carbons (Fsp3) is 0.833. The van der Waals surface area contributed by atoms with Crippen molar-refractivity contribution in [3.63, 3.8) is 0 Å². The Morgan fingerprint density at radius 3 is 2.35 bits per heavy atom. The lowest BCUT2D eigenvalue weighted by atomic mass is 10.0. The molecule has 0 aromatic rings. The predicted molar refractivity (Wildman–Crippen MR) is 95.8 cm³/mol. The van der Waals surface area contributed by atoms with Gasteiger partial charge in [0, 0.05) is 51.9 Å². The molecule has 8 nitrogen and oxygen atoms in total. The molecule has 2 N–H and O–H groups in total. The summed E-state index contributed by atoms with van der Waals surface area (Å²) in [4.78, 5) is 18.7. The molecule has 148 valence electrons. The van der Waals surface area contributed by atoms with Crippen molar-refractivity contribution in [2.75, 3.05) is 72.2 Å². The number of ether oxygens (including phenoxy) is 2. The van der Waals surface area contributed by atoms with E-state index in [0.717, 1.165) is 32.8 Å². The van der Waals surface area contributed by atoms with Gasteiger partial charge < -0.3 is 24.6 Å². The number of hydrogen-bond acceptors (Lipinski definition) is 7. The van der Waals surface area contributed by atoms with E-state index in [1.165, 1.54) is 0 Å². The van der Waals surface area contributed by atoms with E-state index in [9.17, 15) is 15.0 Å². The molecule has 0 saturated carbocycles. The lowest BCUT2D eigenvalue weighted by Crippen LogP contribution is -2.55. The highest BCUT2D eigenvalue weighted by molar-refractivity contribution is 5.87. The van der Waals surface area contributed by atoms with Crippen LogP contribution in [0.3, 0.4) is 0 Å². The zero-order valence-electron chi connectivity index (χ0n) is 15.3. The van der Waals surface area contributed by atoms with Gasteiger partial charge in [0.2, 0.25) is 5.91 Å². The van der Waals surface area contributed by atoms with E-state index < -0.39 is 12.2 Å². The second kappa shape index (κ2) is 9.77. The third-order valence-electron chi connectivity index (χ3n) is 5.44. The Labute approximate surface area is 154 Å². The molecule has 3 aliphatic rings. The first kappa shape index (κ1) is 19.7. The molecule has 0 aromatic heterocycles. The summed E-state index contributed by atoms with van der Waals surface area (Å²) in [6.45, 7) is 7.54. The molecule has 8 heteroatoms. The van der Waals surface area contributed by atoms with Crippen molar-refractivity contribution in [1.29, 1.82) is 0 Å². The van der Waals surface area contributed by atoms with Gasteiger partial charge in [-0.15, -0.1) is 0 Å². The Balaban J connectivity index is 1.57. The lowest BCUT2D eigenvalue weighted by Gasteiger charge is -2.38. The van der Waals surface area contributed by atoms with Gasteiger partial charge >= 0.3 is 0 Å². The highest BCUT2D eigenvalue weighted by Gasteiger charge is 2.37. The third-order valence-corrected chi connectivity index (χ3v) is 5.44. The molecule has 0 bridgehead atoms. The average Bonchev–Trinajstić information content (AvgIpc) is 2.83. The van der Waals surface area contributed by atoms with Crippen LogP contribution in [-0.4, -0.2) is 121 Å². The van der Waals surface area contributed by atoms with Crippen LogP contribution >= 0.6 is 0 Å². The maximum Gasteiger partial charge on any atom is 0.246 e. The van der Waals surface area contributed by atoms with Gasteiger partial charge in [-0.05, 0) is 6.42 Å². The van der Waals surface area contributed by atoms with Crippen molar-refractivity contribution < 1.29 is 24.5 Å². The normalized spacial score (nSPS) is 32.7. The van der Waals surface area contributed by atoms with Crippen LogP contribution in [0.15, 0.2) is 12.2 Å². The minimum Gasteiger partial charge on any atom is -0.390 e. The van der Waals surface area contributed by atoms with Crippen LogP contribution in [0.1, 0.15) is 6.42 Å². The van der Waals surface area contributed by atoms with Gasteiger partial charge in [0.15, 0.2) is 0 Å². The fourth-order valence-electron chi connectivity index (χ4n) is 3.77. The zero-order chi connectivity index (χ0) is 18.4. The maximum atomic E-state index is 12.6. The number of aliphatic hydroxyl groups excluding tert-OH is 2. The molecule has 0 aliphatic carbocycles. The summed E-state index contributed by atoms with van der Waals surface area (Å²) >= 11 is 0. The van der Waals surface area contributed by atoms with Crippen LogP contribution in [0.5, 0.6) is 0 Å². The number of rotatable bonds is 4. The number of amides is 1. The van der Waals surface area contributed by atoms with Gasteiger partial charge in [0.25, 0.3) is 0 Å². The van der Waals surface area contributed by atoms with E-state index in [-0.39, 0.29) is 11.9 Å². The first-order valence-corrected chi connectivity index (χ1v) is 9.58.